The summed E-state index contributed by atoms with van der Waals surface area (Å²) in [5.41, 5.74) is 1.46. The van der Waals surface area contributed by atoms with Crippen LogP contribution in [0.2, 0.25) is 0 Å². The number of benzene rings is 1. The van der Waals surface area contributed by atoms with Crippen LogP contribution < -0.4 is 15.4 Å². The average molecular weight is 344 g/mol. The summed E-state index contributed by atoms with van der Waals surface area (Å²) in [7, 11) is 0. The van der Waals surface area contributed by atoms with Crippen molar-refractivity contribution in [3.8, 4) is 5.75 Å². The molecule has 1 aliphatic carbocycles. The molecule has 5 heteroatoms. The minimum atomic E-state index is -0.759. The van der Waals surface area contributed by atoms with E-state index in [0.717, 1.165) is 43.4 Å². The van der Waals surface area contributed by atoms with Crippen molar-refractivity contribution in [1.29, 1.82) is 0 Å². The Balaban J connectivity index is 1.82. The van der Waals surface area contributed by atoms with E-state index in [-0.39, 0.29) is 17.9 Å². The largest absolute Gasteiger partial charge is 0.493 e. The Labute approximate surface area is 149 Å². The first kappa shape index (κ1) is 17.8. The highest BCUT2D eigenvalue weighted by Gasteiger charge is 2.41. The molecule has 1 unspecified atom stereocenters. The molecule has 1 aromatic carbocycles. The van der Waals surface area contributed by atoms with Gasteiger partial charge in [0.15, 0.2) is 0 Å². The van der Waals surface area contributed by atoms with Crippen LogP contribution >= 0.6 is 0 Å². The topological polar surface area (TPSA) is 67.4 Å². The first-order valence-corrected chi connectivity index (χ1v) is 9.40. The van der Waals surface area contributed by atoms with Crippen molar-refractivity contribution in [2.45, 2.75) is 70.4 Å². The summed E-state index contributed by atoms with van der Waals surface area (Å²) in [6, 6.07) is 6.07. The monoisotopic (exact) mass is 344 g/mol. The summed E-state index contributed by atoms with van der Waals surface area (Å²) in [5.74, 6) is 0.721. The van der Waals surface area contributed by atoms with Gasteiger partial charge in [0.25, 0.3) is 0 Å². The number of carbonyl (C=O) groups is 2. The van der Waals surface area contributed by atoms with Crippen LogP contribution in [-0.2, 0) is 16.0 Å². The van der Waals surface area contributed by atoms with Gasteiger partial charge < -0.3 is 15.4 Å². The quantitative estimate of drug-likeness (QED) is 0.882. The lowest BCUT2D eigenvalue weighted by Crippen LogP contribution is -2.59. The summed E-state index contributed by atoms with van der Waals surface area (Å²) in [4.78, 5) is 24.8. The van der Waals surface area contributed by atoms with Crippen molar-refractivity contribution >= 4 is 11.8 Å². The second-order valence-corrected chi connectivity index (χ2v) is 7.18. The average Bonchev–Trinajstić information content (AvgIpc) is 2.61. The fourth-order valence-corrected chi connectivity index (χ4v) is 4.12. The zero-order valence-corrected chi connectivity index (χ0v) is 15.2. The molecule has 0 saturated heterocycles. The Kier molecular flexibility index (Phi) is 5.30. The second kappa shape index (κ2) is 7.46. The third-order valence-electron chi connectivity index (χ3n) is 5.40. The van der Waals surface area contributed by atoms with Gasteiger partial charge in [-0.1, -0.05) is 44.4 Å². The van der Waals surface area contributed by atoms with E-state index in [1.54, 1.807) is 0 Å². The Bertz CT molecular complexity index is 650. The minimum Gasteiger partial charge on any atom is -0.493 e. The Morgan fingerprint density at radius 1 is 1.24 bits per heavy atom. The number of amides is 2. The van der Waals surface area contributed by atoms with Crippen LogP contribution in [0.5, 0.6) is 5.75 Å². The molecule has 1 heterocycles. The Morgan fingerprint density at radius 2 is 2.00 bits per heavy atom. The van der Waals surface area contributed by atoms with Gasteiger partial charge in [0.1, 0.15) is 11.3 Å². The fraction of sp³-hybridized carbons (Fsp3) is 0.600. The number of carbonyl (C=O) groups excluding carboxylic acids is 2. The number of fused-ring (bicyclic) bond motifs is 1. The summed E-state index contributed by atoms with van der Waals surface area (Å²) in [5, 5.41) is 6.16. The van der Waals surface area contributed by atoms with E-state index in [2.05, 4.69) is 23.6 Å². The molecule has 2 amide bonds. The molecule has 2 N–H and O–H groups in total. The standard InChI is InChI=1S/C20H28N2O3/c1-3-15-8-7-9-16-17(10-13-25-18(15)16)21-19(24)20(22-14(2)23)11-5-4-6-12-20/h7-9,17H,3-6,10-13H2,1-2H3,(H,21,24)(H,22,23). The highest BCUT2D eigenvalue weighted by Crippen LogP contribution is 2.36. The predicted molar refractivity (Wildman–Crippen MR) is 96.4 cm³/mol. The van der Waals surface area contributed by atoms with Crippen LogP contribution in [0.15, 0.2) is 18.2 Å². The van der Waals surface area contributed by atoms with Gasteiger partial charge in [-0.15, -0.1) is 0 Å². The number of hydrogen-bond acceptors (Lipinski definition) is 3. The lowest BCUT2D eigenvalue weighted by molar-refractivity contribution is -0.135. The van der Waals surface area contributed by atoms with E-state index < -0.39 is 5.54 Å². The summed E-state index contributed by atoms with van der Waals surface area (Å²) >= 11 is 0. The fourth-order valence-electron chi connectivity index (χ4n) is 4.12. The van der Waals surface area contributed by atoms with E-state index in [1.807, 2.05) is 12.1 Å². The highest BCUT2D eigenvalue weighted by atomic mass is 16.5. The van der Waals surface area contributed by atoms with E-state index in [1.165, 1.54) is 12.5 Å². The maximum Gasteiger partial charge on any atom is 0.246 e. The summed E-state index contributed by atoms with van der Waals surface area (Å²) < 4.78 is 5.87. The number of aryl methyl sites for hydroxylation is 1. The van der Waals surface area contributed by atoms with Gasteiger partial charge >= 0.3 is 0 Å². The van der Waals surface area contributed by atoms with Crippen LogP contribution in [0, 0.1) is 0 Å². The first-order chi connectivity index (χ1) is 12.1. The van der Waals surface area contributed by atoms with E-state index in [4.69, 9.17) is 4.74 Å². The third-order valence-corrected chi connectivity index (χ3v) is 5.40. The van der Waals surface area contributed by atoms with Crippen LogP contribution in [0.3, 0.4) is 0 Å². The van der Waals surface area contributed by atoms with Gasteiger partial charge in [0.05, 0.1) is 12.6 Å². The zero-order chi connectivity index (χ0) is 17.9. The summed E-state index contributed by atoms with van der Waals surface area (Å²) in [6.45, 7) is 4.19. The number of ether oxygens (including phenoxy) is 1. The third kappa shape index (κ3) is 3.65. The minimum absolute atomic E-state index is 0.0536. The van der Waals surface area contributed by atoms with Crippen molar-refractivity contribution in [2.24, 2.45) is 0 Å². The highest BCUT2D eigenvalue weighted by molar-refractivity contribution is 5.91. The molecule has 1 aliphatic heterocycles. The maximum absolute atomic E-state index is 13.1. The molecule has 25 heavy (non-hydrogen) atoms. The smallest absolute Gasteiger partial charge is 0.246 e. The molecule has 0 bridgehead atoms. The molecule has 0 aromatic heterocycles. The van der Waals surface area contributed by atoms with Gasteiger partial charge in [-0.3, -0.25) is 9.59 Å². The molecule has 1 aromatic rings. The maximum atomic E-state index is 13.1. The van der Waals surface area contributed by atoms with E-state index in [0.29, 0.717) is 19.4 Å². The molecule has 1 atom stereocenters. The number of nitrogens with one attached hydrogen (secondary N) is 2. The molecular formula is C20H28N2O3. The zero-order valence-electron chi connectivity index (χ0n) is 15.2. The Morgan fingerprint density at radius 3 is 2.68 bits per heavy atom. The molecule has 1 saturated carbocycles. The van der Waals surface area contributed by atoms with Crippen molar-refractivity contribution in [2.75, 3.05) is 6.61 Å². The molecule has 2 aliphatic rings. The molecule has 0 radical (unpaired) electrons. The van der Waals surface area contributed by atoms with Gasteiger partial charge in [-0.2, -0.15) is 0 Å². The molecular weight excluding hydrogens is 316 g/mol. The molecule has 136 valence electrons. The van der Waals surface area contributed by atoms with Gasteiger partial charge in [0, 0.05) is 18.9 Å². The lowest BCUT2D eigenvalue weighted by atomic mass is 9.80. The first-order valence-electron chi connectivity index (χ1n) is 9.40. The normalized spacial score (nSPS) is 21.6. The molecule has 0 spiro atoms. The van der Waals surface area contributed by atoms with Crippen molar-refractivity contribution in [3.63, 3.8) is 0 Å². The number of rotatable bonds is 4. The van der Waals surface area contributed by atoms with E-state index >= 15 is 0 Å². The molecule has 5 nitrogen and oxygen atoms in total. The van der Waals surface area contributed by atoms with Crippen molar-refractivity contribution in [1.82, 2.24) is 10.6 Å². The van der Waals surface area contributed by atoms with Crippen molar-refractivity contribution < 1.29 is 14.3 Å². The second-order valence-electron chi connectivity index (χ2n) is 7.18. The van der Waals surface area contributed by atoms with Gasteiger partial charge in [-0.25, -0.2) is 0 Å². The van der Waals surface area contributed by atoms with Crippen LogP contribution in [0.1, 0.15) is 69.5 Å². The van der Waals surface area contributed by atoms with Crippen LogP contribution in [0.4, 0.5) is 0 Å². The lowest BCUT2D eigenvalue weighted by Gasteiger charge is -2.38. The van der Waals surface area contributed by atoms with Gasteiger partial charge in [0.2, 0.25) is 11.8 Å². The molecule has 3 rings (SSSR count). The predicted octanol–water partition coefficient (Wildman–Crippen LogP) is 3.03. The van der Waals surface area contributed by atoms with Gasteiger partial charge in [-0.05, 0) is 24.8 Å². The van der Waals surface area contributed by atoms with Crippen LogP contribution in [-0.4, -0.2) is 24.0 Å². The number of para-hydroxylation sites is 1. The Hall–Kier alpha value is -2.04. The molecule has 1 fully saturated rings. The van der Waals surface area contributed by atoms with E-state index in [9.17, 15) is 9.59 Å². The van der Waals surface area contributed by atoms with Crippen molar-refractivity contribution in [3.05, 3.63) is 29.3 Å². The number of hydrogen-bond donors (Lipinski definition) is 2. The van der Waals surface area contributed by atoms with Crippen LogP contribution in [0.25, 0.3) is 0 Å². The SMILES string of the molecule is CCc1cccc2c1OCCC2NC(=O)C1(NC(C)=O)CCCCC1. The summed E-state index contributed by atoms with van der Waals surface area (Å²) in [6.07, 6.45) is 6.14.